The van der Waals surface area contributed by atoms with Crippen molar-refractivity contribution in [2.24, 2.45) is 0 Å². The van der Waals surface area contributed by atoms with Gasteiger partial charge in [-0.2, -0.15) is 0 Å². The fourth-order valence-electron chi connectivity index (χ4n) is 2.43. The monoisotopic (exact) mass is 482 g/mol. The number of aromatic nitrogens is 2. The van der Waals surface area contributed by atoms with E-state index in [4.69, 9.17) is 23.2 Å². The van der Waals surface area contributed by atoms with Crippen LogP contribution in [0.5, 0.6) is 0 Å². The van der Waals surface area contributed by atoms with Crippen LogP contribution >= 0.6 is 46.3 Å². The third-order valence-corrected chi connectivity index (χ3v) is 6.95. The summed E-state index contributed by atoms with van der Waals surface area (Å²) in [6, 6.07) is 3.39. The van der Waals surface area contributed by atoms with Gasteiger partial charge in [-0.1, -0.05) is 67.1 Å². The molecule has 1 amide bonds. The highest BCUT2D eigenvalue weighted by molar-refractivity contribution is 8.01. The summed E-state index contributed by atoms with van der Waals surface area (Å²) in [5, 5.41) is 11.8. The number of rotatable bonds is 8. The second-order valence-corrected chi connectivity index (χ2v) is 11.7. The second-order valence-electron chi connectivity index (χ2n) is 6.14. The topological polar surface area (TPSA) is 92.3 Å². The summed E-state index contributed by atoms with van der Waals surface area (Å²) in [5.41, 5.74) is 0.218. The molecule has 7 nitrogen and oxygen atoms in total. The number of benzene rings is 1. The average Bonchev–Trinajstić information content (AvgIpc) is 2.95. The van der Waals surface area contributed by atoms with Crippen molar-refractivity contribution in [1.29, 1.82) is 0 Å². The third-order valence-electron chi connectivity index (χ3n) is 3.40. The molecule has 12 heteroatoms. The lowest BCUT2D eigenvalue weighted by Crippen LogP contribution is -2.47. The largest absolute Gasteiger partial charge is 0.299 e. The second kappa shape index (κ2) is 9.62. The molecule has 2 aromatic rings. The van der Waals surface area contributed by atoms with E-state index in [0.29, 0.717) is 10.4 Å². The molecule has 1 aromatic heterocycles. The highest BCUT2D eigenvalue weighted by atomic mass is 35.5. The lowest BCUT2D eigenvalue weighted by atomic mass is 10.2. The molecule has 0 saturated heterocycles. The van der Waals surface area contributed by atoms with E-state index < -0.39 is 22.0 Å². The molecule has 0 aliphatic heterocycles. The molecule has 1 unspecified atom stereocenters. The van der Waals surface area contributed by atoms with E-state index in [9.17, 15) is 13.2 Å². The van der Waals surface area contributed by atoms with E-state index in [1.165, 1.54) is 41.3 Å². The van der Waals surface area contributed by atoms with Crippen molar-refractivity contribution in [2.45, 2.75) is 42.8 Å². The van der Waals surface area contributed by atoms with E-state index >= 15 is 0 Å². The Labute approximate surface area is 182 Å². The van der Waals surface area contributed by atoms with E-state index in [1.54, 1.807) is 6.92 Å². The predicted octanol–water partition coefficient (Wildman–Crippen LogP) is 4.53. The number of hydrogen-bond acceptors (Lipinski definition) is 7. The van der Waals surface area contributed by atoms with Crippen LogP contribution in [0, 0.1) is 0 Å². The number of amides is 1. The Bertz CT molecular complexity index is 930. The van der Waals surface area contributed by atoms with Gasteiger partial charge >= 0.3 is 0 Å². The Morgan fingerprint density at radius 2 is 1.86 bits per heavy atom. The van der Waals surface area contributed by atoms with Gasteiger partial charge in [-0.15, -0.1) is 10.2 Å². The molecule has 1 aromatic carbocycles. The Morgan fingerprint density at radius 1 is 1.25 bits per heavy atom. The van der Waals surface area contributed by atoms with Crippen LogP contribution in [-0.2, 0) is 14.8 Å². The van der Waals surface area contributed by atoms with Crippen molar-refractivity contribution in [1.82, 2.24) is 10.2 Å². The first-order valence-corrected chi connectivity index (χ1v) is 12.6. The fourth-order valence-corrected chi connectivity index (χ4v) is 6.11. The Kier molecular flexibility index (Phi) is 7.97. The molecule has 0 fully saturated rings. The lowest BCUT2D eigenvalue weighted by molar-refractivity contribution is -0.117. The van der Waals surface area contributed by atoms with Gasteiger partial charge in [-0.25, -0.2) is 8.42 Å². The number of carbonyl (C=O) groups is 1. The fraction of sp³-hybridized carbons (Fsp3) is 0.438. The van der Waals surface area contributed by atoms with Crippen LogP contribution < -0.4 is 9.62 Å². The molecule has 1 heterocycles. The molecule has 0 aliphatic carbocycles. The first kappa shape index (κ1) is 23.2. The van der Waals surface area contributed by atoms with Gasteiger partial charge in [0.05, 0.1) is 11.9 Å². The van der Waals surface area contributed by atoms with Gasteiger partial charge in [0, 0.05) is 15.3 Å². The predicted molar refractivity (Wildman–Crippen MR) is 117 cm³/mol. The average molecular weight is 483 g/mol. The summed E-state index contributed by atoms with van der Waals surface area (Å²) in [6.07, 6.45) is 1.26. The summed E-state index contributed by atoms with van der Waals surface area (Å²) in [5.74, 6) is -0.513. The van der Waals surface area contributed by atoms with Crippen molar-refractivity contribution in [3.8, 4) is 0 Å². The summed E-state index contributed by atoms with van der Waals surface area (Å²) >= 11 is 14.8. The number of halogens is 2. The summed E-state index contributed by atoms with van der Waals surface area (Å²) < 4.78 is 26.7. The molecule has 1 atom stereocenters. The Balaban J connectivity index is 2.32. The highest BCUT2D eigenvalue weighted by Crippen LogP contribution is 2.31. The number of nitrogens with one attached hydrogen (secondary N) is 1. The Hall–Kier alpha value is -1.07. The molecule has 1 N–H and O–H groups in total. The maximum Gasteiger partial charge on any atom is 0.250 e. The van der Waals surface area contributed by atoms with Gasteiger partial charge in [0.15, 0.2) is 4.34 Å². The molecule has 154 valence electrons. The van der Waals surface area contributed by atoms with Crippen LogP contribution in [0.3, 0.4) is 0 Å². The molecule has 0 aliphatic rings. The SMILES string of the molecule is CCC(C(=O)Nc1nnc(SC(C)C)s1)N(c1cc(Cl)cc(Cl)c1)S(C)(=O)=O. The van der Waals surface area contributed by atoms with Crippen LogP contribution in [0.1, 0.15) is 27.2 Å². The quantitative estimate of drug-likeness (QED) is 0.438. The third kappa shape index (κ3) is 6.21. The van der Waals surface area contributed by atoms with E-state index in [0.717, 1.165) is 14.9 Å². The summed E-state index contributed by atoms with van der Waals surface area (Å²) in [4.78, 5) is 12.9. The van der Waals surface area contributed by atoms with Crippen LogP contribution in [0.4, 0.5) is 10.8 Å². The molecule has 2 rings (SSSR count). The van der Waals surface area contributed by atoms with E-state index in [2.05, 4.69) is 15.5 Å². The van der Waals surface area contributed by atoms with Gasteiger partial charge in [0.1, 0.15) is 6.04 Å². The zero-order valence-electron chi connectivity index (χ0n) is 15.6. The number of nitrogens with zero attached hydrogens (tertiary/aromatic N) is 3. The van der Waals surface area contributed by atoms with Crippen molar-refractivity contribution in [3.05, 3.63) is 28.2 Å². The highest BCUT2D eigenvalue weighted by Gasteiger charge is 2.32. The summed E-state index contributed by atoms with van der Waals surface area (Å²) in [7, 11) is -3.79. The molecular weight excluding hydrogens is 463 g/mol. The minimum atomic E-state index is -3.79. The van der Waals surface area contributed by atoms with Crippen LogP contribution in [0.2, 0.25) is 10.0 Å². The molecule has 0 spiro atoms. The van der Waals surface area contributed by atoms with Crippen LogP contribution in [0.25, 0.3) is 0 Å². The van der Waals surface area contributed by atoms with Crippen molar-refractivity contribution in [2.75, 3.05) is 15.9 Å². The Morgan fingerprint density at radius 3 is 2.36 bits per heavy atom. The van der Waals surface area contributed by atoms with Crippen molar-refractivity contribution in [3.63, 3.8) is 0 Å². The molecule has 0 bridgehead atoms. The summed E-state index contributed by atoms with van der Waals surface area (Å²) in [6.45, 7) is 5.77. The van der Waals surface area contributed by atoms with Gasteiger partial charge in [-0.05, 0) is 24.6 Å². The number of hydrogen-bond donors (Lipinski definition) is 1. The van der Waals surface area contributed by atoms with Gasteiger partial charge in [-0.3, -0.25) is 14.4 Å². The van der Waals surface area contributed by atoms with Gasteiger partial charge in [0.2, 0.25) is 21.1 Å². The minimum absolute atomic E-state index is 0.218. The molecule has 28 heavy (non-hydrogen) atoms. The van der Waals surface area contributed by atoms with Crippen LogP contribution in [-0.4, -0.2) is 42.1 Å². The molecular formula is C16H20Cl2N4O3S3. The number of anilines is 2. The lowest BCUT2D eigenvalue weighted by Gasteiger charge is -2.30. The zero-order chi connectivity index (χ0) is 21.1. The van der Waals surface area contributed by atoms with Crippen molar-refractivity contribution < 1.29 is 13.2 Å². The van der Waals surface area contributed by atoms with E-state index in [1.807, 2.05) is 13.8 Å². The van der Waals surface area contributed by atoms with E-state index in [-0.39, 0.29) is 22.2 Å². The zero-order valence-corrected chi connectivity index (χ0v) is 19.6. The molecule has 0 saturated carbocycles. The number of sulfonamides is 1. The first-order chi connectivity index (χ1) is 13.0. The number of carbonyl (C=O) groups excluding carboxylic acids is 1. The maximum atomic E-state index is 12.9. The van der Waals surface area contributed by atoms with Gasteiger partial charge in [0.25, 0.3) is 0 Å². The molecule has 0 radical (unpaired) electrons. The standard InChI is InChI=1S/C16H20Cl2N4O3S3/c1-5-13(14(23)19-15-20-21-16(27-15)26-9(2)3)22(28(4,24)25)12-7-10(17)6-11(18)8-12/h6-9,13H,5H2,1-4H3,(H,19,20,23). The normalized spacial score (nSPS) is 12.8. The smallest absolute Gasteiger partial charge is 0.250 e. The first-order valence-electron chi connectivity index (χ1n) is 8.27. The van der Waals surface area contributed by atoms with Gasteiger partial charge < -0.3 is 0 Å². The number of thioether (sulfide) groups is 1. The minimum Gasteiger partial charge on any atom is -0.299 e. The van der Waals surface area contributed by atoms with Crippen LogP contribution in [0.15, 0.2) is 22.5 Å². The van der Waals surface area contributed by atoms with Crippen molar-refractivity contribution >= 4 is 73.0 Å². The maximum absolute atomic E-state index is 12.9.